The lowest BCUT2D eigenvalue weighted by Gasteiger charge is -2.15. The van der Waals surface area contributed by atoms with Gasteiger partial charge in [-0.05, 0) is 24.1 Å². The van der Waals surface area contributed by atoms with Gasteiger partial charge in [-0.1, -0.05) is 6.92 Å². The third-order valence-electron chi connectivity index (χ3n) is 6.65. The van der Waals surface area contributed by atoms with Crippen molar-refractivity contribution < 1.29 is 47.2 Å². The van der Waals surface area contributed by atoms with E-state index in [1.165, 1.54) is 20.3 Å². The van der Waals surface area contributed by atoms with Crippen molar-refractivity contribution in [2.45, 2.75) is 52.1 Å². The fourth-order valence-electron chi connectivity index (χ4n) is 4.57. The maximum atomic E-state index is 15.4. The molecule has 220 valence electrons. The summed E-state index contributed by atoms with van der Waals surface area (Å²) in [4.78, 5) is 37.3. The molecule has 0 unspecified atom stereocenters. The molecule has 0 saturated heterocycles. The standard InChI is InChI=1S/C29H31F2NO8S/c1-4-6-24(34)32-14-16-11-20(37-2)28(27(31)18(16)15-32)39-9-5-10-40-29-21(38-3)13-22-17(26(29)30)12-23(41-22)19(33)7-8-25(35)36/h11-13H,4-10,14-15H2,1-3H3,(H,35,36). The second-order valence-corrected chi connectivity index (χ2v) is 10.6. The van der Waals surface area contributed by atoms with Crippen molar-refractivity contribution >= 4 is 39.1 Å². The van der Waals surface area contributed by atoms with E-state index < -0.39 is 17.6 Å². The van der Waals surface area contributed by atoms with Crippen molar-refractivity contribution in [3.05, 3.63) is 45.8 Å². The Balaban J connectivity index is 1.41. The van der Waals surface area contributed by atoms with E-state index in [1.54, 1.807) is 17.0 Å². The Hall–Kier alpha value is -3.93. The Bertz CT molecular complexity index is 1470. The molecule has 12 heteroatoms. The van der Waals surface area contributed by atoms with Crippen LogP contribution in [-0.2, 0) is 22.7 Å². The molecular formula is C29H31F2NO8S. The van der Waals surface area contributed by atoms with Gasteiger partial charge in [-0.15, -0.1) is 11.3 Å². The molecule has 0 aliphatic carbocycles. The molecule has 1 amide bonds. The lowest BCUT2D eigenvalue weighted by atomic mass is 10.1. The molecule has 1 aliphatic rings. The zero-order valence-corrected chi connectivity index (χ0v) is 23.8. The number of rotatable bonds is 14. The number of ketones is 1. The summed E-state index contributed by atoms with van der Waals surface area (Å²) >= 11 is 1.05. The minimum Gasteiger partial charge on any atom is -0.493 e. The molecule has 4 rings (SSSR count). The van der Waals surface area contributed by atoms with Gasteiger partial charge >= 0.3 is 5.97 Å². The molecule has 9 nitrogen and oxygen atoms in total. The van der Waals surface area contributed by atoms with E-state index in [4.69, 9.17) is 24.1 Å². The lowest BCUT2D eigenvalue weighted by Crippen LogP contribution is -2.24. The van der Waals surface area contributed by atoms with Gasteiger partial charge in [0.2, 0.25) is 5.91 Å². The van der Waals surface area contributed by atoms with E-state index in [0.717, 1.165) is 11.3 Å². The monoisotopic (exact) mass is 591 g/mol. The SMILES string of the molecule is CCCC(=O)N1Cc2cc(OC)c(OCCCOc3c(OC)cc4sc(C(=O)CCC(=O)O)cc4c3F)c(F)c2C1. The molecule has 2 aromatic carbocycles. The van der Waals surface area contributed by atoms with E-state index >= 15 is 8.78 Å². The van der Waals surface area contributed by atoms with E-state index in [1.807, 2.05) is 6.92 Å². The molecule has 0 atom stereocenters. The first-order valence-electron chi connectivity index (χ1n) is 13.1. The second kappa shape index (κ2) is 13.2. The molecular weight excluding hydrogens is 560 g/mol. The quantitative estimate of drug-likeness (QED) is 0.187. The Labute approximate surface area is 239 Å². The van der Waals surface area contributed by atoms with E-state index in [9.17, 15) is 14.4 Å². The Kier molecular flexibility index (Phi) is 9.64. The number of Topliss-reactive ketones (excluding diaryl/α,β-unsaturated/α-hetero) is 1. The Morgan fingerprint density at radius 3 is 2.22 bits per heavy atom. The topological polar surface area (TPSA) is 112 Å². The van der Waals surface area contributed by atoms with Gasteiger partial charge in [0.25, 0.3) is 0 Å². The van der Waals surface area contributed by atoms with Gasteiger partial charge in [0.05, 0.1) is 38.7 Å². The lowest BCUT2D eigenvalue weighted by molar-refractivity contribution is -0.137. The van der Waals surface area contributed by atoms with Gasteiger partial charge in [-0.3, -0.25) is 14.4 Å². The van der Waals surface area contributed by atoms with Gasteiger partial charge in [-0.25, -0.2) is 8.78 Å². The fraction of sp³-hybridized carbons (Fsp3) is 0.414. The highest BCUT2D eigenvalue weighted by atomic mass is 32.1. The normalized spacial score (nSPS) is 12.4. The van der Waals surface area contributed by atoms with Gasteiger partial charge < -0.3 is 29.0 Å². The molecule has 3 aromatic rings. The zero-order valence-electron chi connectivity index (χ0n) is 23.0. The van der Waals surface area contributed by atoms with Crippen molar-refractivity contribution in [1.82, 2.24) is 4.90 Å². The number of fused-ring (bicyclic) bond motifs is 2. The summed E-state index contributed by atoms with van der Waals surface area (Å²) in [6, 6.07) is 4.62. The molecule has 1 aromatic heterocycles. The van der Waals surface area contributed by atoms with Crippen molar-refractivity contribution in [1.29, 1.82) is 0 Å². The summed E-state index contributed by atoms with van der Waals surface area (Å²) in [7, 11) is 2.77. The summed E-state index contributed by atoms with van der Waals surface area (Å²) < 4.78 is 53.2. The average molecular weight is 592 g/mol. The maximum absolute atomic E-state index is 15.4. The first kappa shape index (κ1) is 30.0. The predicted molar refractivity (Wildman–Crippen MR) is 147 cm³/mol. The molecule has 41 heavy (non-hydrogen) atoms. The minimum absolute atomic E-state index is 0.0154. The second-order valence-electron chi connectivity index (χ2n) is 9.47. The van der Waals surface area contributed by atoms with E-state index in [2.05, 4.69) is 0 Å². The number of carbonyl (C=O) groups excluding carboxylic acids is 2. The third kappa shape index (κ3) is 6.53. The van der Waals surface area contributed by atoms with Crippen LogP contribution in [0.2, 0.25) is 0 Å². The van der Waals surface area contributed by atoms with Crippen molar-refractivity contribution in [2.75, 3.05) is 27.4 Å². The number of halogens is 2. The Morgan fingerprint density at radius 2 is 1.59 bits per heavy atom. The van der Waals surface area contributed by atoms with Gasteiger partial charge in [0.1, 0.15) is 0 Å². The van der Waals surface area contributed by atoms with Gasteiger partial charge in [0.15, 0.2) is 40.4 Å². The van der Waals surface area contributed by atoms with Crippen LogP contribution in [0, 0.1) is 11.6 Å². The number of carboxylic acids is 1. The maximum Gasteiger partial charge on any atom is 0.303 e. The summed E-state index contributed by atoms with van der Waals surface area (Å²) in [5.41, 5.74) is 1.08. The highest BCUT2D eigenvalue weighted by molar-refractivity contribution is 7.20. The van der Waals surface area contributed by atoms with Crippen LogP contribution in [0.4, 0.5) is 8.78 Å². The summed E-state index contributed by atoms with van der Waals surface area (Å²) in [5, 5.41) is 8.98. The fourth-order valence-corrected chi connectivity index (χ4v) is 5.62. The van der Waals surface area contributed by atoms with Crippen molar-refractivity contribution in [3.8, 4) is 23.0 Å². The number of thiophene rings is 1. The van der Waals surface area contributed by atoms with Crippen LogP contribution in [0.1, 0.15) is 59.8 Å². The molecule has 0 bridgehead atoms. The van der Waals surface area contributed by atoms with Crippen LogP contribution in [0.25, 0.3) is 10.1 Å². The number of hydrogen-bond donors (Lipinski definition) is 1. The van der Waals surface area contributed by atoms with Crippen LogP contribution in [0.3, 0.4) is 0 Å². The predicted octanol–water partition coefficient (Wildman–Crippen LogP) is 5.73. The van der Waals surface area contributed by atoms with Crippen molar-refractivity contribution in [3.63, 3.8) is 0 Å². The highest BCUT2D eigenvalue weighted by Gasteiger charge is 2.30. The average Bonchev–Trinajstić information content (AvgIpc) is 3.58. The molecule has 0 radical (unpaired) electrons. The van der Waals surface area contributed by atoms with Crippen LogP contribution in [-0.4, -0.2) is 55.1 Å². The largest absolute Gasteiger partial charge is 0.493 e. The zero-order chi connectivity index (χ0) is 29.7. The van der Waals surface area contributed by atoms with Crippen molar-refractivity contribution in [2.24, 2.45) is 0 Å². The number of aliphatic carboxylic acids is 1. The highest BCUT2D eigenvalue weighted by Crippen LogP contribution is 2.41. The number of amides is 1. The molecule has 0 fully saturated rings. The summed E-state index contributed by atoms with van der Waals surface area (Å²) in [5.74, 6) is -2.63. The van der Waals surface area contributed by atoms with Crippen LogP contribution in [0.15, 0.2) is 18.2 Å². The van der Waals surface area contributed by atoms with Crippen LogP contribution in [0.5, 0.6) is 23.0 Å². The third-order valence-corrected chi connectivity index (χ3v) is 7.78. The summed E-state index contributed by atoms with van der Waals surface area (Å²) in [6.45, 7) is 2.45. The molecule has 1 aliphatic heterocycles. The summed E-state index contributed by atoms with van der Waals surface area (Å²) in [6.07, 6.45) is 0.875. The molecule has 2 heterocycles. The first-order valence-corrected chi connectivity index (χ1v) is 14.0. The number of ether oxygens (including phenoxy) is 4. The van der Waals surface area contributed by atoms with Gasteiger partial charge in [0, 0.05) is 54.1 Å². The molecule has 0 spiro atoms. The number of benzene rings is 2. The molecule has 1 N–H and O–H groups in total. The van der Waals surface area contributed by atoms with E-state index in [0.29, 0.717) is 35.2 Å². The van der Waals surface area contributed by atoms with Crippen LogP contribution < -0.4 is 18.9 Å². The molecule has 0 saturated carbocycles. The first-order chi connectivity index (χ1) is 19.7. The Morgan fingerprint density at radius 1 is 0.927 bits per heavy atom. The van der Waals surface area contributed by atoms with Crippen LogP contribution >= 0.6 is 11.3 Å². The number of hydrogen-bond acceptors (Lipinski definition) is 8. The smallest absolute Gasteiger partial charge is 0.303 e. The van der Waals surface area contributed by atoms with Gasteiger partial charge in [-0.2, -0.15) is 0 Å². The number of nitrogens with zero attached hydrogens (tertiary/aromatic N) is 1. The number of carbonyl (C=O) groups is 3. The number of carboxylic acid groups (broad SMARTS) is 1. The van der Waals surface area contributed by atoms with E-state index in [-0.39, 0.29) is 84.0 Å². The minimum atomic E-state index is -1.09. The number of methoxy groups -OCH3 is 2.